The van der Waals surface area contributed by atoms with E-state index in [0.29, 0.717) is 0 Å². The van der Waals surface area contributed by atoms with Crippen molar-refractivity contribution >= 4 is 28.9 Å². The van der Waals surface area contributed by atoms with Gasteiger partial charge in [-0.2, -0.15) is 0 Å². The smallest absolute Gasteiger partial charge is 0.145 e. The minimum atomic E-state index is -0.402. The summed E-state index contributed by atoms with van der Waals surface area (Å²) in [4.78, 5) is 23.0. The van der Waals surface area contributed by atoms with Crippen LogP contribution < -0.4 is 0 Å². The highest BCUT2D eigenvalue weighted by Gasteiger charge is 2.28. The number of rotatable bonds is 2. The molecule has 0 unspecified atom stereocenters. The zero-order valence-corrected chi connectivity index (χ0v) is 11.3. The van der Waals surface area contributed by atoms with Crippen molar-refractivity contribution in [2.75, 3.05) is 0 Å². The molecule has 0 rings (SSSR count). The molecule has 2 nitrogen and oxygen atoms in total. The van der Waals surface area contributed by atoms with Crippen molar-refractivity contribution in [3.8, 4) is 0 Å². The van der Waals surface area contributed by atoms with Gasteiger partial charge in [0.05, 0.1) is 6.42 Å². The summed E-state index contributed by atoms with van der Waals surface area (Å²) in [6.07, 6.45) is 0.0625. The third-order valence-electron chi connectivity index (χ3n) is 1.99. The van der Waals surface area contributed by atoms with Gasteiger partial charge in [0.15, 0.2) is 0 Å². The summed E-state index contributed by atoms with van der Waals surface area (Å²) in [6.45, 7) is 11.0. The molecule has 3 heteroatoms. The maximum Gasteiger partial charge on any atom is 0.145 e. The molecule has 0 aliphatic carbocycles. The van der Waals surface area contributed by atoms with Crippen LogP contribution in [0.1, 0.15) is 48.0 Å². The summed E-state index contributed by atoms with van der Waals surface area (Å²) >= 11 is 0. The first-order chi connectivity index (χ1) is 5.55. The fourth-order valence-corrected chi connectivity index (χ4v) is 0.676. The second-order valence-electron chi connectivity index (χ2n) is 5.52. The molecule has 0 N–H and O–H groups in total. The molecule has 79 valence electrons. The van der Waals surface area contributed by atoms with E-state index in [4.69, 9.17) is 0 Å². The van der Waals surface area contributed by atoms with E-state index in [1.807, 2.05) is 41.5 Å². The molecule has 0 heterocycles. The number of Topliss-reactive ketones (excluding diaryl/α,β-unsaturated/α-hetero) is 2. The Hall–Kier alpha value is -0.128. The largest absolute Gasteiger partial charge is 0.299 e. The van der Waals surface area contributed by atoms with Gasteiger partial charge in [0.1, 0.15) is 11.6 Å². The van der Waals surface area contributed by atoms with Crippen molar-refractivity contribution in [2.24, 2.45) is 10.8 Å². The lowest BCUT2D eigenvalue weighted by molar-refractivity contribution is -0.135. The normalized spacial score (nSPS) is 11.9. The predicted octanol–water partition coefficient (Wildman–Crippen LogP) is 2.23. The maximum atomic E-state index is 11.5. The van der Waals surface area contributed by atoms with Crippen molar-refractivity contribution in [2.45, 2.75) is 48.0 Å². The predicted molar refractivity (Wildman–Crippen MR) is 59.3 cm³/mol. The van der Waals surface area contributed by atoms with Crippen LogP contribution in [0.2, 0.25) is 0 Å². The summed E-state index contributed by atoms with van der Waals surface area (Å²) in [6, 6.07) is 0. The van der Waals surface area contributed by atoms with E-state index in [9.17, 15) is 9.59 Å². The molecule has 0 aromatic rings. The SMILES string of the molecule is CC(C)(C)C(=O)CC(=O)C(C)(C)C.[Al]. The Morgan fingerprint density at radius 1 is 0.786 bits per heavy atom. The highest BCUT2D eigenvalue weighted by molar-refractivity contribution is 6.03. The molecule has 0 aliphatic heterocycles. The van der Waals surface area contributed by atoms with Gasteiger partial charge in [-0.3, -0.25) is 9.59 Å². The first kappa shape index (κ1) is 16.3. The van der Waals surface area contributed by atoms with Crippen molar-refractivity contribution in [1.82, 2.24) is 0 Å². The molecule has 14 heavy (non-hydrogen) atoms. The quantitative estimate of drug-likeness (QED) is 0.518. The molecule has 0 atom stereocenters. The minimum absolute atomic E-state index is 0. The number of hydrogen-bond donors (Lipinski definition) is 0. The van der Waals surface area contributed by atoms with Gasteiger partial charge in [0, 0.05) is 28.2 Å². The second kappa shape index (κ2) is 5.09. The van der Waals surface area contributed by atoms with Gasteiger partial charge < -0.3 is 0 Å². The lowest BCUT2D eigenvalue weighted by Crippen LogP contribution is -2.28. The number of carbonyl (C=O) groups excluding carboxylic acids is 2. The average Bonchev–Trinajstić information content (AvgIpc) is 1.82. The van der Waals surface area contributed by atoms with Crippen LogP contribution in [0.4, 0.5) is 0 Å². The van der Waals surface area contributed by atoms with Crippen LogP contribution in [0.5, 0.6) is 0 Å². The molecule has 0 aromatic carbocycles. The lowest BCUT2D eigenvalue weighted by atomic mass is 9.82. The third-order valence-corrected chi connectivity index (χ3v) is 1.99. The van der Waals surface area contributed by atoms with E-state index in [1.54, 1.807) is 0 Å². The third kappa shape index (κ3) is 5.57. The summed E-state index contributed by atoms with van der Waals surface area (Å²) in [5.74, 6) is 0.0415. The summed E-state index contributed by atoms with van der Waals surface area (Å²) in [7, 11) is 0. The molecule has 0 bridgehead atoms. The minimum Gasteiger partial charge on any atom is -0.299 e. The van der Waals surface area contributed by atoms with Crippen LogP contribution in [-0.2, 0) is 9.59 Å². The summed E-state index contributed by atoms with van der Waals surface area (Å²) in [5.41, 5.74) is -0.804. The first-order valence-electron chi connectivity index (χ1n) is 4.62. The van der Waals surface area contributed by atoms with Crippen LogP contribution in [0.15, 0.2) is 0 Å². The van der Waals surface area contributed by atoms with Gasteiger partial charge in [-0.05, 0) is 0 Å². The van der Waals surface area contributed by atoms with Crippen LogP contribution in [0.25, 0.3) is 0 Å². The summed E-state index contributed by atoms with van der Waals surface area (Å²) in [5, 5.41) is 0. The van der Waals surface area contributed by atoms with Gasteiger partial charge in [0.2, 0.25) is 0 Å². The fraction of sp³-hybridized carbons (Fsp3) is 0.818. The van der Waals surface area contributed by atoms with Gasteiger partial charge in [-0.15, -0.1) is 0 Å². The Morgan fingerprint density at radius 2 is 1.00 bits per heavy atom. The molecular weight excluding hydrogens is 191 g/mol. The van der Waals surface area contributed by atoms with Crippen molar-refractivity contribution in [1.29, 1.82) is 0 Å². The molecule has 0 spiro atoms. The van der Waals surface area contributed by atoms with Gasteiger partial charge in [0.25, 0.3) is 0 Å². The van der Waals surface area contributed by atoms with Crippen molar-refractivity contribution < 1.29 is 9.59 Å². The van der Waals surface area contributed by atoms with Crippen molar-refractivity contribution in [3.63, 3.8) is 0 Å². The first-order valence-corrected chi connectivity index (χ1v) is 4.62. The molecule has 0 saturated heterocycles. The van der Waals surface area contributed by atoms with E-state index < -0.39 is 10.8 Å². The molecule has 0 saturated carbocycles. The molecule has 0 aromatic heterocycles. The number of hydrogen-bond acceptors (Lipinski definition) is 2. The van der Waals surface area contributed by atoms with Crippen LogP contribution in [0.3, 0.4) is 0 Å². The van der Waals surface area contributed by atoms with Crippen LogP contribution >= 0.6 is 0 Å². The second-order valence-corrected chi connectivity index (χ2v) is 5.52. The average molecular weight is 211 g/mol. The Kier molecular flexibility index (Phi) is 5.93. The Balaban J connectivity index is 0. The Bertz CT molecular complexity index is 194. The van der Waals surface area contributed by atoms with Gasteiger partial charge >= 0.3 is 0 Å². The zero-order valence-electron chi connectivity index (χ0n) is 10.1. The molecular formula is C11H20AlO2. The van der Waals surface area contributed by atoms with E-state index in [0.717, 1.165) is 0 Å². The molecule has 0 amide bonds. The molecule has 0 fully saturated rings. The fourth-order valence-electron chi connectivity index (χ4n) is 0.676. The highest BCUT2D eigenvalue weighted by atomic mass is 27.0. The Morgan fingerprint density at radius 3 is 1.14 bits per heavy atom. The van der Waals surface area contributed by atoms with E-state index in [1.165, 1.54) is 0 Å². The molecule has 0 aliphatic rings. The van der Waals surface area contributed by atoms with Crippen LogP contribution in [-0.4, -0.2) is 28.9 Å². The van der Waals surface area contributed by atoms with E-state index in [-0.39, 0.29) is 35.3 Å². The van der Waals surface area contributed by atoms with E-state index in [2.05, 4.69) is 0 Å². The summed E-state index contributed by atoms with van der Waals surface area (Å²) < 4.78 is 0. The van der Waals surface area contributed by atoms with Gasteiger partial charge in [-0.25, -0.2) is 0 Å². The van der Waals surface area contributed by atoms with Gasteiger partial charge in [-0.1, -0.05) is 41.5 Å². The zero-order chi connectivity index (χ0) is 10.9. The molecule has 3 radical (unpaired) electrons. The van der Waals surface area contributed by atoms with E-state index >= 15 is 0 Å². The number of ketones is 2. The standard InChI is InChI=1S/C11H20O2.Al/c1-10(2,3)8(12)7-9(13)11(4,5)6;/h7H2,1-6H3;. The highest BCUT2D eigenvalue weighted by Crippen LogP contribution is 2.22. The Labute approximate surface area is 97.6 Å². The van der Waals surface area contributed by atoms with Crippen LogP contribution in [0, 0.1) is 10.8 Å². The number of carbonyl (C=O) groups is 2. The maximum absolute atomic E-state index is 11.5. The topological polar surface area (TPSA) is 34.1 Å². The van der Waals surface area contributed by atoms with Crippen molar-refractivity contribution in [3.05, 3.63) is 0 Å². The monoisotopic (exact) mass is 211 g/mol. The lowest BCUT2D eigenvalue weighted by Gasteiger charge is -2.20.